The maximum Gasteiger partial charge on any atom is 0.193 e. The van der Waals surface area contributed by atoms with Crippen LogP contribution in [0.1, 0.15) is 35.7 Å². The van der Waals surface area contributed by atoms with Gasteiger partial charge in [-0.1, -0.05) is 37.3 Å². The average Bonchev–Trinajstić information content (AvgIpc) is 2.66. The first-order chi connectivity index (χ1) is 12.7. The van der Waals surface area contributed by atoms with Crippen LogP contribution in [0.4, 0.5) is 0 Å². The Hall–Kier alpha value is -2.17. The second kappa shape index (κ2) is 8.97. The minimum absolute atomic E-state index is 0.0276. The van der Waals surface area contributed by atoms with E-state index in [9.17, 15) is 4.79 Å². The lowest BCUT2D eigenvalue weighted by Gasteiger charge is -2.37. The van der Waals surface area contributed by atoms with Crippen molar-refractivity contribution < 1.29 is 19.0 Å². The van der Waals surface area contributed by atoms with E-state index in [1.165, 1.54) is 0 Å². The first kappa shape index (κ1) is 18.6. The zero-order chi connectivity index (χ0) is 18.2. The Balaban J connectivity index is 1.33. The summed E-state index contributed by atoms with van der Waals surface area (Å²) in [4.78, 5) is 12.4. The normalized spacial score (nSPS) is 15.3. The third-order valence-electron chi connectivity index (χ3n) is 4.46. The Morgan fingerprint density at radius 3 is 2.27 bits per heavy atom. The van der Waals surface area contributed by atoms with Crippen LogP contribution < -0.4 is 4.74 Å². The predicted octanol–water partition coefficient (Wildman–Crippen LogP) is 4.13. The van der Waals surface area contributed by atoms with Gasteiger partial charge in [0, 0.05) is 23.1 Å². The van der Waals surface area contributed by atoms with Crippen LogP contribution in [0.15, 0.2) is 54.6 Å². The standard InChI is InChI=1S/C22H26O4/c1-22(16-25-17-22)15-24-13-5-6-14-26-20-11-9-19(10-12-20)21(23)18-7-3-2-4-8-18/h2-4,7-12H,5-6,13-17H2,1H3. The number of benzene rings is 2. The van der Waals surface area contributed by atoms with E-state index in [1.54, 1.807) is 0 Å². The lowest BCUT2D eigenvalue weighted by Crippen LogP contribution is -2.43. The summed E-state index contributed by atoms with van der Waals surface area (Å²) < 4.78 is 16.7. The Kier molecular flexibility index (Phi) is 6.42. The summed E-state index contributed by atoms with van der Waals surface area (Å²) >= 11 is 0. The predicted molar refractivity (Wildman–Crippen MR) is 101 cm³/mol. The fourth-order valence-corrected chi connectivity index (χ4v) is 2.81. The summed E-state index contributed by atoms with van der Waals surface area (Å²) in [6.07, 6.45) is 1.92. The number of hydrogen-bond donors (Lipinski definition) is 0. The van der Waals surface area contributed by atoms with Gasteiger partial charge in [0.05, 0.1) is 26.4 Å². The summed E-state index contributed by atoms with van der Waals surface area (Å²) in [6.45, 7) is 5.97. The van der Waals surface area contributed by atoms with Crippen LogP contribution in [-0.4, -0.2) is 38.8 Å². The molecule has 0 aromatic heterocycles. The Morgan fingerprint density at radius 1 is 0.962 bits per heavy atom. The Morgan fingerprint density at radius 2 is 1.62 bits per heavy atom. The van der Waals surface area contributed by atoms with Crippen molar-refractivity contribution in [2.75, 3.05) is 33.0 Å². The molecule has 2 aromatic carbocycles. The van der Waals surface area contributed by atoms with Crippen molar-refractivity contribution in [3.8, 4) is 5.75 Å². The second-order valence-electron chi connectivity index (χ2n) is 7.13. The van der Waals surface area contributed by atoms with Crippen molar-refractivity contribution in [1.82, 2.24) is 0 Å². The van der Waals surface area contributed by atoms with E-state index in [1.807, 2.05) is 54.6 Å². The highest BCUT2D eigenvalue weighted by Crippen LogP contribution is 2.26. The zero-order valence-corrected chi connectivity index (χ0v) is 15.3. The molecule has 1 saturated heterocycles. The highest BCUT2D eigenvalue weighted by atomic mass is 16.5. The minimum Gasteiger partial charge on any atom is -0.494 e. The molecule has 0 N–H and O–H groups in total. The average molecular weight is 354 g/mol. The van der Waals surface area contributed by atoms with Crippen LogP contribution in [0.3, 0.4) is 0 Å². The molecule has 0 aliphatic carbocycles. The molecule has 138 valence electrons. The van der Waals surface area contributed by atoms with Gasteiger partial charge in [0.25, 0.3) is 0 Å². The van der Waals surface area contributed by atoms with E-state index >= 15 is 0 Å². The summed E-state index contributed by atoms with van der Waals surface area (Å²) in [5.74, 6) is 0.814. The number of hydrogen-bond acceptors (Lipinski definition) is 4. The smallest absolute Gasteiger partial charge is 0.193 e. The molecule has 4 heteroatoms. The molecule has 1 aliphatic rings. The monoisotopic (exact) mass is 354 g/mol. The molecule has 0 bridgehead atoms. The van der Waals surface area contributed by atoms with Gasteiger partial charge in [-0.15, -0.1) is 0 Å². The van der Waals surface area contributed by atoms with Gasteiger partial charge in [0.1, 0.15) is 5.75 Å². The molecule has 2 aromatic rings. The molecular weight excluding hydrogens is 328 g/mol. The summed E-state index contributed by atoms with van der Waals surface area (Å²) in [7, 11) is 0. The maximum absolute atomic E-state index is 12.4. The van der Waals surface area contributed by atoms with Crippen molar-refractivity contribution in [3.05, 3.63) is 65.7 Å². The number of ether oxygens (including phenoxy) is 3. The van der Waals surface area contributed by atoms with Gasteiger partial charge in [-0.2, -0.15) is 0 Å². The number of carbonyl (C=O) groups is 1. The van der Waals surface area contributed by atoms with E-state index in [0.29, 0.717) is 17.7 Å². The topological polar surface area (TPSA) is 44.8 Å². The Labute approximate surface area is 155 Å². The number of unbranched alkanes of at least 4 members (excludes halogenated alkanes) is 1. The highest BCUT2D eigenvalue weighted by molar-refractivity contribution is 6.08. The third-order valence-corrected chi connectivity index (χ3v) is 4.46. The van der Waals surface area contributed by atoms with Crippen molar-refractivity contribution in [3.63, 3.8) is 0 Å². The first-order valence-corrected chi connectivity index (χ1v) is 9.14. The van der Waals surface area contributed by atoms with Gasteiger partial charge < -0.3 is 14.2 Å². The van der Waals surface area contributed by atoms with Crippen LogP contribution in [0.5, 0.6) is 5.75 Å². The van der Waals surface area contributed by atoms with Gasteiger partial charge in [-0.25, -0.2) is 0 Å². The molecule has 1 heterocycles. The molecule has 0 saturated carbocycles. The molecule has 26 heavy (non-hydrogen) atoms. The van der Waals surface area contributed by atoms with Crippen LogP contribution in [0.25, 0.3) is 0 Å². The minimum atomic E-state index is 0.0276. The Bertz CT molecular complexity index is 690. The summed E-state index contributed by atoms with van der Waals surface area (Å²) in [5.41, 5.74) is 1.59. The molecule has 3 rings (SSSR count). The molecule has 0 spiro atoms. The van der Waals surface area contributed by atoms with E-state index in [-0.39, 0.29) is 11.2 Å². The van der Waals surface area contributed by atoms with Crippen LogP contribution in [0.2, 0.25) is 0 Å². The summed E-state index contributed by atoms with van der Waals surface area (Å²) in [6, 6.07) is 16.6. The lowest BCUT2D eigenvalue weighted by molar-refractivity contribution is -0.138. The summed E-state index contributed by atoms with van der Waals surface area (Å²) in [5, 5.41) is 0. The molecular formula is C22H26O4. The van der Waals surface area contributed by atoms with Crippen molar-refractivity contribution >= 4 is 5.78 Å². The van der Waals surface area contributed by atoms with E-state index < -0.39 is 0 Å². The largest absolute Gasteiger partial charge is 0.494 e. The molecule has 0 amide bonds. The maximum atomic E-state index is 12.4. The molecule has 0 atom stereocenters. The molecule has 1 aliphatic heterocycles. The molecule has 1 fully saturated rings. The molecule has 0 unspecified atom stereocenters. The van der Waals surface area contributed by atoms with Crippen LogP contribution in [-0.2, 0) is 9.47 Å². The van der Waals surface area contributed by atoms with Crippen molar-refractivity contribution in [2.24, 2.45) is 5.41 Å². The number of carbonyl (C=O) groups excluding carboxylic acids is 1. The van der Waals surface area contributed by atoms with E-state index in [0.717, 1.165) is 45.0 Å². The fraction of sp³-hybridized carbons (Fsp3) is 0.409. The van der Waals surface area contributed by atoms with E-state index in [2.05, 4.69) is 6.92 Å². The zero-order valence-electron chi connectivity index (χ0n) is 15.3. The number of rotatable bonds is 10. The molecule has 4 nitrogen and oxygen atoms in total. The van der Waals surface area contributed by atoms with Gasteiger partial charge in [-0.3, -0.25) is 4.79 Å². The van der Waals surface area contributed by atoms with Gasteiger partial charge >= 0.3 is 0 Å². The highest BCUT2D eigenvalue weighted by Gasteiger charge is 2.33. The van der Waals surface area contributed by atoms with Crippen molar-refractivity contribution in [2.45, 2.75) is 19.8 Å². The third kappa shape index (κ3) is 5.16. The number of ketones is 1. The van der Waals surface area contributed by atoms with Crippen LogP contribution >= 0.6 is 0 Å². The molecule has 0 radical (unpaired) electrons. The lowest BCUT2D eigenvalue weighted by atomic mass is 9.90. The van der Waals surface area contributed by atoms with Gasteiger partial charge in [0.15, 0.2) is 5.78 Å². The fourth-order valence-electron chi connectivity index (χ4n) is 2.81. The van der Waals surface area contributed by atoms with Crippen molar-refractivity contribution in [1.29, 1.82) is 0 Å². The van der Waals surface area contributed by atoms with Gasteiger partial charge in [-0.05, 0) is 37.1 Å². The second-order valence-corrected chi connectivity index (χ2v) is 7.13. The SMILES string of the molecule is CC1(COCCCCOc2ccc(C(=O)c3ccccc3)cc2)COC1. The first-order valence-electron chi connectivity index (χ1n) is 9.14. The van der Waals surface area contributed by atoms with E-state index in [4.69, 9.17) is 14.2 Å². The quantitative estimate of drug-likeness (QED) is 0.475. The van der Waals surface area contributed by atoms with Crippen LogP contribution in [0, 0.1) is 5.41 Å². The van der Waals surface area contributed by atoms with Gasteiger partial charge in [0.2, 0.25) is 0 Å².